The molecule has 1 aliphatic heterocycles. The number of nitrogens with zero attached hydrogens (tertiary/aromatic N) is 3. The van der Waals surface area contributed by atoms with Gasteiger partial charge in [-0.2, -0.15) is 0 Å². The van der Waals surface area contributed by atoms with Gasteiger partial charge in [0, 0.05) is 60.4 Å². The average molecular weight is 488 g/mol. The Labute approximate surface area is 217 Å². The van der Waals surface area contributed by atoms with E-state index in [1.54, 1.807) is 0 Å². The lowest BCUT2D eigenvalue weighted by molar-refractivity contribution is 0.0136. The quantitative estimate of drug-likeness (QED) is 0.257. The first-order valence-corrected chi connectivity index (χ1v) is 12.4. The van der Waals surface area contributed by atoms with Crippen molar-refractivity contribution in [3.05, 3.63) is 126 Å². The second-order valence-corrected chi connectivity index (χ2v) is 9.70. The molecule has 1 aliphatic rings. The molecule has 1 unspecified atom stereocenters. The summed E-state index contributed by atoms with van der Waals surface area (Å²) in [5.41, 5.74) is 6.12. The Balaban J connectivity index is 1.80. The lowest BCUT2D eigenvalue weighted by atomic mass is 9.87. The number of esters is 1. The predicted molar refractivity (Wildman–Crippen MR) is 150 cm³/mol. The van der Waals surface area contributed by atoms with Crippen LogP contribution in [0.2, 0.25) is 0 Å². The first kappa shape index (κ1) is 22.9. The van der Waals surface area contributed by atoms with Crippen molar-refractivity contribution in [1.82, 2.24) is 4.57 Å². The lowest BCUT2D eigenvalue weighted by Gasteiger charge is -2.42. The summed E-state index contributed by atoms with van der Waals surface area (Å²) in [7, 11) is 6.09. The number of carbonyl (C=O) groups is 1. The zero-order valence-corrected chi connectivity index (χ0v) is 21.5. The highest BCUT2D eigenvalue weighted by Gasteiger charge is 2.55. The summed E-state index contributed by atoms with van der Waals surface area (Å²) in [5, 5.41) is 1.05. The van der Waals surface area contributed by atoms with Gasteiger partial charge in [-0.3, -0.25) is 4.90 Å². The summed E-state index contributed by atoms with van der Waals surface area (Å²) in [6.45, 7) is 2.10. The van der Waals surface area contributed by atoms with Crippen molar-refractivity contribution in [1.29, 1.82) is 0 Å². The van der Waals surface area contributed by atoms with Crippen LogP contribution in [0.4, 0.5) is 17.1 Å². The third-order valence-corrected chi connectivity index (χ3v) is 7.43. The normalized spacial score (nSPS) is 16.5. The van der Waals surface area contributed by atoms with Crippen LogP contribution in [0.5, 0.6) is 0 Å². The zero-order valence-electron chi connectivity index (χ0n) is 21.5. The van der Waals surface area contributed by atoms with E-state index in [4.69, 9.17) is 4.74 Å². The van der Waals surface area contributed by atoms with Gasteiger partial charge >= 0.3 is 5.97 Å². The molecule has 0 spiro atoms. The second kappa shape index (κ2) is 8.56. The highest BCUT2D eigenvalue weighted by atomic mass is 16.6. The topological polar surface area (TPSA) is 37.7 Å². The number of aromatic nitrogens is 1. The maximum atomic E-state index is 13.7. The van der Waals surface area contributed by atoms with Gasteiger partial charge in [-0.25, -0.2) is 4.79 Å². The van der Waals surface area contributed by atoms with Crippen LogP contribution in [-0.2, 0) is 17.5 Å². The van der Waals surface area contributed by atoms with Gasteiger partial charge in [-0.15, -0.1) is 0 Å². The molecule has 0 N–H and O–H groups in total. The number of benzene rings is 4. The van der Waals surface area contributed by atoms with Crippen LogP contribution < -0.4 is 9.80 Å². The lowest BCUT2D eigenvalue weighted by Crippen LogP contribution is -2.45. The van der Waals surface area contributed by atoms with E-state index in [2.05, 4.69) is 70.8 Å². The third kappa shape index (κ3) is 3.34. The number of hydrogen-bond donors (Lipinski definition) is 0. The summed E-state index contributed by atoms with van der Waals surface area (Å²) in [6.07, 6.45) is 0. The number of anilines is 3. The molecule has 1 aromatic heterocycles. The van der Waals surface area contributed by atoms with Gasteiger partial charge < -0.3 is 14.2 Å². The number of carbonyl (C=O) groups excluding carboxylic acids is 1. The number of cyclic esters (lactones) is 1. The summed E-state index contributed by atoms with van der Waals surface area (Å²) >= 11 is 0. The number of rotatable bonds is 5. The van der Waals surface area contributed by atoms with Gasteiger partial charge in [0.05, 0.1) is 11.1 Å². The van der Waals surface area contributed by atoms with Crippen LogP contribution in [-0.4, -0.2) is 24.6 Å². The fourth-order valence-corrected chi connectivity index (χ4v) is 5.59. The fraction of sp³-hybridized carbons (Fsp3) is 0.156. The Morgan fingerprint density at radius 2 is 1.35 bits per heavy atom. The fourth-order valence-electron chi connectivity index (χ4n) is 5.59. The summed E-state index contributed by atoms with van der Waals surface area (Å²) in [5.74, 6) is -0.329. The Morgan fingerprint density at radius 3 is 1.97 bits per heavy atom. The average Bonchev–Trinajstić information content (AvgIpc) is 3.35. The number of fused-ring (bicyclic) bond motifs is 2. The molecule has 0 radical (unpaired) electrons. The largest absolute Gasteiger partial charge is 0.426 e. The van der Waals surface area contributed by atoms with Crippen molar-refractivity contribution >= 4 is 33.9 Å². The highest BCUT2D eigenvalue weighted by Crippen LogP contribution is 2.53. The molecule has 5 heteroatoms. The molecule has 2 heterocycles. The Bertz CT molecular complexity index is 1580. The van der Waals surface area contributed by atoms with Crippen LogP contribution in [0.15, 0.2) is 103 Å². The van der Waals surface area contributed by atoms with Crippen molar-refractivity contribution in [2.45, 2.75) is 12.6 Å². The minimum absolute atomic E-state index is 0.329. The molecular formula is C32H29N3O2. The van der Waals surface area contributed by atoms with Gasteiger partial charge in [-0.1, -0.05) is 54.6 Å². The molecule has 0 bridgehead atoms. The van der Waals surface area contributed by atoms with Crippen LogP contribution in [0.25, 0.3) is 10.9 Å². The van der Waals surface area contributed by atoms with Crippen molar-refractivity contribution in [2.24, 2.45) is 7.05 Å². The molecule has 6 rings (SSSR count). The molecular weight excluding hydrogens is 458 g/mol. The van der Waals surface area contributed by atoms with E-state index in [0.717, 1.165) is 44.8 Å². The number of aryl methyl sites for hydroxylation is 1. The van der Waals surface area contributed by atoms with E-state index in [0.29, 0.717) is 5.56 Å². The predicted octanol–water partition coefficient (Wildman–Crippen LogP) is 6.76. The SMILES string of the molecule is Cc1c(C2(N(c3ccccc3)c3ccccc3)OC(=O)c3ccc(N(C)C)cc32)c2ccccc2n1C. The van der Waals surface area contributed by atoms with Crippen LogP contribution >= 0.6 is 0 Å². The molecule has 184 valence electrons. The Kier molecular flexibility index (Phi) is 5.30. The molecule has 37 heavy (non-hydrogen) atoms. The highest BCUT2D eigenvalue weighted by molar-refractivity contribution is 6.00. The van der Waals surface area contributed by atoms with Crippen molar-refractivity contribution in [3.63, 3.8) is 0 Å². The van der Waals surface area contributed by atoms with Crippen molar-refractivity contribution in [3.8, 4) is 0 Å². The van der Waals surface area contributed by atoms with Gasteiger partial charge in [0.1, 0.15) is 0 Å². The smallest absolute Gasteiger partial charge is 0.341 e. The standard InChI is InChI=1S/C32H29N3O2/c1-22-30(27-17-11-12-18-29(27)34(22)4)32(28-21-25(33(2)3)19-20-26(28)31(36)37-32)35(23-13-7-5-8-14-23)24-15-9-6-10-16-24/h5-21H,1-4H3. The first-order valence-electron chi connectivity index (χ1n) is 12.4. The molecule has 0 aliphatic carbocycles. The minimum atomic E-state index is -1.23. The number of ether oxygens (including phenoxy) is 1. The Hall–Kier alpha value is -4.51. The van der Waals surface area contributed by atoms with E-state index >= 15 is 0 Å². The van der Waals surface area contributed by atoms with Gasteiger partial charge in [0.2, 0.25) is 5.72 Å². The molecule has 1 atom stereocenters. The minimum Gasteiger partial charge on any atom is -0.426 e. The van der Waals surface area contributed by atoms with Gasteiger partial charge in [0.15, 0.2) is 0 Å². The number of para-hydroxylation sites is 3. The van der Waals surface area contributed by atoms with Crippen LogP contribution in [0.3, 0.4) is 0 Å². The van der Waals surface area contributed by atoms with Crippen LogP contribution in [0.1, 0.15) is 27.2 Å². The van der Waals surface area contributed by atoms with Gasteiger partial charge in [-0.05, 0) is 55.5 Å². The maximum absolute atomic E-state index is 13.7. The summed E-state index contributed by atoms with van der Waals surface area (Å²) in [6, 6.07) is 34.6. The molecule has 0 amide bonds. The van der Waals surface area contributed by atoms with E-state index in [1.807, 2.05) is 74.8 Å². The van der Waals surface area contributed by atoms with Crippen molar-refractivity contribution in [2.75, 3.05) is 23.9 Å². The monoisotopic (exact) mass is 487 g/mol. The molecule has 0 saturated heterocycles. The van der Waals surface area contributed by atoms with E-state index < -0.39 is 5.72 Å². The molecule has 0 saturated carbocycles. The molecule has 5 nitrogen and oxygen atoms in total. The summed E-state index contributed by atoms with van der Waals surface area (Å²) in [4.78, 5) is 17.9. The third-order valence-electron chi connectivity index (χ3n) is 7.43. The maximum Gasteiger partial charge on any atom is 0.341 e. The Morgan fingerprint density at radius 1 is 0.757 bits per heavy atom. The van der Waals surface area contributed by atoms with Gasteiger partial charge in [0.25, 0.3) is 0 Å². The van der Waals surface area contributed by atoms with Crippen molar-refractivity contribution < 1.29 is 9.53 Å². The molecule has 4 aromatic carbocycles. The number of hydrogen-bond acceptors (Lipinski definition) is 4. The zero-order chi connectivity index (χ0) is 25.7. The second-order valence-electron chi connectivity index (χ2n) is 9.70. The molecule has 5 aromatic rings. The van der Waals surface area contributed by atoms with E-state index in [9.17, 15) is 4.79 Å². The van der Waals surface area contributed by atoms with E-state index in [1.165, 1.54) is 0 Å². The first-order chi connectivity index (χ1) is 17.9. The van der Waals surface area contributed by atoms with E-state index in [-0.39, 0.29) is 5.97 Å². The molecule has 0 fully saturated rings. The van der Waals surface area contributed by atoms with Crippen LogP contribution in [0, 0.1) is 6.92 Å². The summed E-state index contributed by atoms with van der Waals surface area (Å²) < 4.78 is 8.85.